The quantitative estimate of drug-likeness (QED) is 0.453. The van der Waals surface area contributed by atoms with E-state index >= 15 is 0 Å². The first-order valence-corrected chi connectivity index (χ1v) is 10.8. The van der Waals surface area contributed by atoms with E-state index < -0.39 is 0 Å². The van der Waals surface area contributed by atoms with Crippen LogP contribution in [0.1, 0.15) is 29.5 Å². The minimum absolute atomic E-state index is 0.0483. The summed E-state index contributed by atoms with van der Waals surface area (Å²) in [6.45, 7) is 3.03. The summed E-state index contributed by atoms with van der Waals surface area (Å²) in [6.07, 6.45) is 3.55. The molecule has 0 bridgehead atoms. The van der Waals surface area contributed by atoms with E-state index in [1.54, 1.807) is 36.7 Å². The van der Waals surface area contributed by atoms with E-state index in [0.29, 0.717) is 53.4 Å². The van der Waals surface area contributed by atoms with Crippen molar-refractivity contribution >= 4 is 40.5 Å². The minimum atomic E-state index is -0.355. The van der Waals surface area contributed by atoms with Gasteiger partial charge < -0.3 is 16.0 Å². The van der Waals surface area contributed by atoms with Gasteiger partial charge in [0.15, 0.2) is 11.6 Å². The van der Waals surface area contributed by atoms with Crippen molar-refractivity contribution in [3.05, 3.63) is 63.4 Å². The number of carbonyl (C=O) groups excluding carboxylic acids is 1. The lowest BCUT2D eigenvalue weighted by Crippen LogP contribution is -2.34. The van der Waals surface area contributed by atoms with Gasteiger partial charge in [0.25, 0.3) is 5.56 Å². The van der Waals surface area contributed by atoms with Gasteiger partial charge in [-0.3, -0.25) is 9.59 Å². The molecule has 33 heavy (non-hydrogen) atoms. The Morgan fingerprint density at radius 1 is 1.24 bits per heavy atom. The molecule has 5 rings (SSSR count). The monoisotopic (exact) mass is 465 g/mol. The number of nitrogens with zero attached hydrogens (tertiary/aromatic N) is 7. The minimum Gasteiger partial charge on any atom is -0.369 e. The molecule has 0 radical (unpaired) electrons. The number of anilines is 3. The number of fused-ring (bicyclic) bond motifs is 2. The Hall–Kier alpha value is -3.99. The average molecular weight is 466 g/mol. The largest absolute Gasteiger partial charge is 0.369 e. The third kappa shape index (κ3) is 3.55. The molecule has 0 amide bonds. The average Bonchev–Trinajstić information content (AvgIpc) is 3.18. The maximum absolute atomic E-state index is 13.4. The van der Waals surface area contributed by atoms with Crippen LogP contribution in [-0.2, 0) is 6.54 Å². The van der Waals surface area contributed by atoms with E-state index in [2.05, 4.69) is 25.4 Å². The lowest BCUT2D eigenvalue weighted by atomic mass is 10.1. The summed E-state index contributed by atoms with van der Waals surface area (Å²) < 4.78 is 2.87. The van der Waals surface area contributed by atoms with Crippen molar-refractivity contribution in [3.8, 4) is 5.82 Å². The second-order valence-electron chi connectivity index (χ2n) is 7.44. The van der Waals surface area contributed by atoms with Crippen molar-refractivity contribution in [2.45, 2.75) is 19.9 Å². The normalized spacial score (nSPS) is 13.1. The van der Waals surface area contributed by atoms with Gasteiger partial charge in [-0.15, -0.1) is 0 Å². The van der Waals surface area contributed by atoms with E-state index in [9.17, 15) is 9.59 Å². The van der Waals surface area contributed by atoms with Gasteiger partial charge in [-0.1, -0.05) is 17.7 Å². The smallest absolute Gasteiger partial charge is 0.285 e. The number of halogens is 1. The molecular weight excluding hydrogens is 446 g/mol. The van der Waals surface area contributed by atoms with Crippen LogP contribution in [0, 0.1) is 0 Å². The van der Waals surface area contributed by atoms with Crippen LogP contribution in [0.4, 0.5) is 17.6 Å². The molecule has 5 heterocycles. The van der Waals surface area contributed by atoms with Gasteiger partial charge in [0, 0.05) is 31.9 Å². The van der Waals surface area contributed by atoms with Gasteiger partial charge in [-0.05, 0) is 25.1 Å². The zero-order valence-corrected chi connectivity index (χ0v) is 18.5. The van der Waals surface area contributed by atoms with Gasteiger partial charge in [0.1, 0.15) is 28.5 Å². The highest BCUT2D eigenvalue weighted by Gasteiger charge is 2.28. The van der Waals surface area contributed by atoms with Crippen LogP contribution >= 0.6 is 11.6 Å². The van der Waals surface area contributed by atoms with Crippen LogP contribution in [0.15, 0.2) is 41.5 Å². The summed E-state index contributed by atoms with van der Waals surface area (Å²) in [4.78, 5) is 40.9. The topological polar surface area (TPSA) is 136 Å². The van der Waals surface area contributed by atoms with Gasteiger partial charge in [-0.25, -0.2) is 14.1 Å². The first kappa shape index (κ1) is 20.9. The van der Waals surface area contributed by atoms with Gasteiger partial charge in [0.2, 0.25) is 5.95 Å². The third-order valence-corrected chi connectivity index (χ3v) is 5.73. The molecule has 3 N–H and O–H groups in total. The zero-order valence-electron chi connectivity index (χ0n) is 17.7. The summed E-state index contributed by atoms with van der Waals surface area (Å²) in [5.41, 5.74) is 6.21. The molecule has 11 nitrogen and oxygen atoms in total. The van der Waals surface area contributed by atoms with Crippen LogP contribution < -0.4 is 21.5 Å². The molecule has 168 valence electrons. The second kappa shape index (κ2) is 8.17. The number of nitrogens with two attached hydrogens (primary N) is 1. The number of ketones is 1. The number of hydrogen-bond donors (Lipinski definition) is 2. The van der Waals surface area contributed by atoms with Crippen molar-refractivity contribution in [3.63, 3.8) is 0 Å². The Morgan fingerprint density at radius 2 is 2.09 bits per heavy atom. The predicted octanol–water partition coefficient (Wildman–Crippen LogP) is 1.93. The van der Waals surface area contributed by atoms with Crippen LogP contribution in [0.3, 0.4) is 0 Å². The Balaban J connectivity index is 1.69. The predicted molar refractivity (Wildman–Crippen MR) is 124 cm³/mol. The SMILES string of the molecule is CCN(Cc1nn2ccc(Cl)c2c(=O)n1-c1ccccn1)c1nc(N)nc2c1C(=O)CCN2. The molecule has 4 aromatic rings. The number of Topliss-reactive ketones (excluding diaryl/α,β-unsaturated/α-hetero) is 1. The van der Waals surface area contributed by atoms with Crippen molar-refractivity contribution in [1.82, 2.24) is 29.1 Å². The van der Waals surface area contributed by atoms with Crippen molar-refractivity contribution in [2.24, 2.45) is 0 Å². The molecule has 1 aliphatic rings. The number of pyridine rings is 1. The number of carbonyl (C=O) groups is 1. The van der Waals surface area contributed by atoms with Crippen molar-refractivity contribution in [2.75, 3.05) is 29.0 Å². The van der Waals surface area contributed by atoms with Crippen molar-refractivity contribution < 1.29 is 4.79 Å². The number of hydrogen-bond acceptors (Lipinski definition) is 9. The lowest BCUT2D eigenvalue weighted by Gasteiger charge is -2.27. The Kier molecular flexibility index (Phi) is 5.17. The molecule has 0 spiro atoms. The molecule has 0 atom stereocenters. The first-order chi connectivity index (χ1) is 16.0. The van der Waals surface area contributed by atoms with E-state index in [1.807, 2.05) is 11.8 Å². The molecule has 0 fully saturated rings. The summed E-state index contributed by atoms with van der Waals surface area (Å²) in [5.74, 6) is 1.58. The molecule has 0 aromatic carbocycles. The van der Waals surface area contributed by atoms with Gasteiger partial charge in [-0.2, -0.15) is 15.1 Å². The third-order valence-electron chi connectivity index (χ3n) is 5.43. The molecule has 0 aliphatic carbocycles. The highest BCUT2D eigenvalue weighted by Crippen LogP contribution is 2.30. The number of aromatic nitrogens is 6. The lowest BCUT2D eigenvalue weighted by molar-refractivity contribution is 0.0983. The summed E-state index contributed by atoms with van der Waals surface area (Å²) in [7, 11) is 0. The maximum atomic E-state index is 13.4. The molecular formula is C21H20ClN9O2. The Labute approximate surface area is 192 Å². The second-order valence-corrected chi connectivity index (χ2v) is 7.85. The molecule has 0 unspecified atom stereocenters. The Morgan fingerprint density at radius 3 is 2.85 bits per heavy atom. The standard InChI is InChI=1S/C21H20ClN9O2/c1-2-29(19-16-13(32)6-9-25-18(16)26-21(23)27-19)11-15-28-30-10-7-12(22)17(30)20(33)31(15)14-5-3-4-8-24-14/h3-5,7-8,10H,2,6,9,11H2,1H3,(H3,23,25,26,27). The van der Waals surface area contributed by atoms with E-state index in [4.69, 9.17) is 17.3 Å². The molecule has 12 heteroatoms. The fraction of sp³-hybridized carbons (Fsp3) is 0.238. The summed E-state index contributed by atoms with van der Waals surface area (Å²) in [6, 6.07) is 6.87. The summed E-state index contributed by atoms with van der Waals surface area (Å²) >= 11 is 6.25. The maximum Gasteiger partial charge on any atom is 0.285 e. The van der Waals surface area contributed by atoms with Crippen LogP contribution in [0.2, 0.25) is 5.02 Å². The summed E-state index contributed by atoms with van der Waals surface area (Å²) in [5, 5.41) is 8.05. The van der Waals surface area contributed by atoms with Gasteiger partial charge in [0.05, 0.1) is 11.6 Å². The van der Waals surface area contributed by atoms with E-state index in [1.165, 1.54) is 9.08 Å². The fourth-order valence-electron chi connectivity index (χ4n) is 3.91. The number of nitrogens with one attached hydrogen (secondary N) is 1. The van der Waals surface area contributed by atoms with E-state index in [0.717, 1.165) is 0 Å². The number of nitrogen functional groups attached to an aromatic ring is 1. The molecule has 0 saturated heterocycles. The fourth-order valence-corrected chi connectivity index (χ4v) is 4.13. The highest BCUT2D eigenvalue weighted by molar-refractivity contribution is 6.33. The van der Waals surface area contributed by atoms with Crippen LogP contribution in [0.5, 0.6) is 0 Å². The number of rotatable bonds is 5. The van der Waals surface area contributed by atoms with Crippen LogP contribution in [0.25, 0.3) is 11.3 Å². The van der Waals surface area contributed by atoms with Crippen LogP contribution in [-0.4, -0.2) is 48.0 Å². The molecule has 0 saturated carbocycles. The first-order valence-electron chi connectivity index (χ1n) is 10.4. The Bertz CT molecular complexity index is 1430. The zero-order chi connectivity index (χ0) is 23.1. The highest BCUT2D eigenvalue weighted by atomic mass is 35.5. The molecule has 1 aliphatic heterocycles. The van der Waals surface area contributed by atoms with Crippen molar-refractivity contribution in [1.29, 1.82) is 0 Å². The molecule has 4 aromatic heterocycles. The van der Waals surface area contributed by atoms with Gasteiger partial charge >= 0.3 is 0 Å². The van der Waals surface area contributed by atoms with E-state index in [-0.39, 0.29) is 29.4 Å².